The highest BCUT2D eigenvalue weighted by Crippen LogP contribution is 2.42. The van der Waals surface area contributed by atoms with Crippen molar-refractivity contribution in [3.8, 4) is 28.3 Å². The van der Waals surface area contributed by atoms with Crippen LogP contribution < -0.4 is 15.4 Å². The Morgan fingerprint density at radius 2 is 1.76 bits per heavy atom. The number of fused-ring (bicyclic) bond motifs is 1. The minimum absolute atomic E-state index is 0.164. The number of hydrogen-bond donors (Lipinski definition) is 3. The predicted molar refractivity (Wildman–Crippen MR) is 219 cm³/mol. The molecule has 288 valence electrons. The minimum atomic E-state index is -1.83. The molecule has 2 aliphatic rings. The van der Waals surface area contributed by atoms with Crippen molar-refractivity contribution < 1.29 is 19.1 Å². The normalized spacial score (nSPS) is 18.9. The number of aryl methyl sites for hydroxylation is 1. The van der Waals surface area contributed by atoms with Crippen LogP contribution in [0.1, 0.15) is 73.5 Å². The number of carbonyl (C=O) groups is 1. The zero-order chi connectivity index (χ0) is 39.0. The maximum Gasteiger partial charge on any atom is 0.274 e. The van der Waals surface area contributed by atoms with Crippen molar-refractivity contribution in [3.63, 3.8) is 0 Å². The average Bonchev–Trinajstić information content (AvgIpc) is 3.10. The van der Waals surface area contributed by atoms with Crippen LogP contribution >= 0.6 is 23.2 Å². The van der Waals surface area contributed by atoms with Crippen LogP contribution in [-0.2, 0) is 23.9 Å². The van der Waals surface area contributed by atoms with Crippen molar-refractivity contribution in [2.75, 3.05) is 32.1 Å². The largest absolute Gasteiger partial charge is 0.480 e. The van der Waals surface area contributed by atoms with Gasteiger partial charge >= 0.3 is 0 Å². The van der Waals surface area contributed by atoms with Gasteiger partial charge in [-0.2, -0.15) is 0 Å². The van der Waals surface area contributed by atoms with E-state index in [2.05, 4.69) is 54.4 Å². The molecule has 6 rings (SSSR count). The number of ether oxygens (including phenoxy) is 1. The molecule has 0 bridgehead atoms. The Balaban J connectivity index is 1.16. The van der Waals surface area contributed by atoms with Crippen molar-refractivity contribution >= 4 is 43.1 Å². The van der Waals surface area contributed by atoms with Crippen LogP contribution in [-0.4, -0.2) is 77.6 Å². The van der Waals surface area contributed by atoms with Gasteiger partial charge in [0.2, 0.25) is 5.88 Å². The summed E-state index contributed by atoms with van der Waals surface area (Å²) in [5.41, 5.74) is 6.59. The van der Waals surface area contributed by atoms with Crippen molar-refractivity contribution in [1.82, 2.24) is 25.2 Å². The van der Waals surface area contributed by atoms with E-state index in [0.717, 1.165) is 30.8 Å². The van der Waals surface area contributed by atoms with E-state index < -0.39 is 13.9 Å². The van der Waals surface area contributed by atoms with Gasteiger partial charge in [-0.3, -0.25) is 14.7 Å². The number of pyridine rings is 1. The fourth-order valence-electron chi connectivity index (χ4n) is 6.91. The van der Waals surface area contributed by atoms with Crippen molar-refractivity contribution in [3.05, 3.63) is 86.9 Å². The van der Waals surface area contributed by atoms with Crippen LogP contribution in [0.15, 0.2) is 48.7 Å². The fraction of sp³-hybridized carbons (Fsp3) is 0.463. The summed E-state index contributed by atoms with van der Waals surface area (Å²) in [7, 11) is -0.267. The molecule has 2 aromatic heterocycles. The van der Waals surface area contributed by atoms with Crippen LogP contribution in [0.2, 0.25) is 28.2 Å². The Morgan fingerprint density at radius 3 is 2.44 bits per heavy atom. The van der Waals surface area contributed by atoms with Crippen LogP contribution in [0.3, 0.4) is 0 Å². The summed E-state index contributed by atoms with van der Waals surface area (Å²) < 4.78 is 12.0. The lowest BCUT2D eigenvalue weighted by atomic mass is 9.77. The van der Waals surface area contributed by atoms with Crippen molar-refractivity contribution in [2.45, 2.75) is 96.7 Å². The first kappa shape index (κ1) is 40.2. The third-order valence-corrected chi connectivity index (χ3v) is 16.5. The first-order valence-corrected chi connectivity index (χ1v) is 22.2. The van der Waals surface area contributed by atoms with E-state index in [4.69, 9.17) is 42.3 Å². The average molecular weight is 792 g/mol. The molecule has 13 heteroatoms. The summed E-state index contributed by atoms with van der Waals surface area (Å²) in [5.74, 6) is 0.0579. The second-order valence-corrected chi connectivity index (χ2v) is 21.9. The molecule has 1 aliphatic carbocycles. The molecule has 1 fully saturated rings. The summed E-state index contributed by atoms with van der Waals surface area (Å²) in [6, 6.07) is 13.2. The third-order valence-electron chi connectivity index (χ3n) is 11.1. The second kappa shape index (κ2) is 16.0. The van der Waals surface area contributed by atoms with E-state index in [1.807, 2.05) is 50.2 Å². The Bertz CT molecular complexity index is 2030. The second-order valence-electron chi connectivity index (χ2n) is 16.4. The number of nitrogens with one attached hydrogen (secondary N) is 2. The van der Waals surface area contributed by atoms with Gasteiger partial charge in [0.15, 0.2) is 8.32 Å². The molecular formula is C41H52Cl2N6O4Si. The van der Waals surface area contributed by atoms with Crippen LogP contribution in [0.5, 0.6) is 5.88 Å². The molecule has 0 unspecified atom stereocenters. The first-order valence-electron chi connectivity index (χ1n) is 18.6. The number of hydrogen-bond acceptors (Lipinski definition) is 9. The lowest BCUT2D eigenvalue weighted by Crippen LogP contribution is -2.51. The molecule has 0 radical (unpaired) electrons. The molecule has 2 aromatic carbocycles. The number of carbonyl (C=O) groups excluding carboxylic acids is 1. The standard InChI is InChI=1S/C41H52Cl2N6O4Si/c1-25-19-32(46-35-24-49(16-15-27(25)35)17-18-53-54(7,8)40(2,3)4)38(50)47-31-14-10-12-29(37(31)43)28-11-9-13-30(36(28)42)33-22-45-34(39(48-33)52-6)23-44-26-20-41(5,51)21-26/h9-14,19,22,26,44,51H,15-18,20-21,23-24H2,1-8H3,(H,47,50). The Labute approximate surface area is 330 Å². The number of nitrogens with zero attached hydrogens (tertiary/aromatic N) is 4. The van der Waals surface area contributed by atoms with E-state index in [1.165, 1.54) is 5.56 Å². The van der Waals surface area contributed by atoms with E-state index in [0.29, 0.717) is 87.9 Å². The lowest BCUT2D eigenvalue weighted by molar-refractivity contribution is -0.0394. The van der Waals surface area contributed by atoms with Gasteiger partial charge in [0.1, 0.15) is 11.4 Å². The van der Waals surface area contributed by atoms with Crippen molar-refractivity contribution in [1.29, 1.82) is 0 Å². The van der Waals surface area contributed by atoms with Gasteiger partial charge in [0.05, 0.1) is 46.0 Å². The van der Waals surface area contributed by atoms with Gasteiger partial charge in [-0.05, 0) is 74.5 Å². The molecule has 1 saturated carbocycles. The Kier molecular flexibility index (Phi) is 11.9. The summed E-state index contributed by atoms with van der Waals surface area (Å²) in [6.07, 6.45) is 3.94. The highest BCUT2D eigenvalue weighted by atomic mass is 35.5. The van der Waals surface area contributed by atoms with Crippen LogP contribution in [0.25, 0.3) is 22.4 Å². The summed E-state index contributed by atoms with van der Waals surface area (Å²) in [4.78, 5) is 30.3. The van der Waals surface area contributed by atoms with Gasteiger partial charge in [-0.25, -0.2) is 9.97 Å². The summed E-state index contributed by atoms with van der Waals surface area (Å²) in [6.45, 7) is 18.8. The van der Waals surface area contributed by atoms with Gasteiger partial charge in [-0.15, -0.1) is 0 Å². The van der Waals surface area contributed by atoms with Crippen molar-refractivity contribution in [2.24, 2.45) is 0 Å². The summed E-state index contributed by atoms with van der Waals surface area (Å²) in [5, 5.41) is 17.4. The maximum atomic E-state index is 13.7. The molecule has 54 heavy (non-hydrogen) atoms. The van der Waals surface area contributed by atoms with E-state index in [9.17, 15) is 9.90 Å². The number of aromatic nitrogens is 3. The zero-order valence-electron chi connectivity index (χ0n) is 32.6. The highest BCUT2D eigenvalue weighted by Gasteiger charge is 2.38. The molecule has 4 aromatic rings. The highest BCUT2D eigenvalue weighted by molar-refractivity contribution is 6.74. The lowest BCUT2D eigenvalue weighted by Gasteiger charge is -2.41. The van der Waals surface area contributed by atoms with E-state index in [1.54, 1.807) is 19.4 Å². The minimum Gasteiger partial charge on any atom is -0.480 e. The molecule has 3 heterocycles. The topological polar surface area (TPSA) is 122 Å². The summed E-state index contributed by atoms with van der Waals surface area (Å²) >= 11 is 14.1. The number of aliphatic hydroxyl groups is 1. The smallest absolute Gasteiger partial charge is 0.274 e. The Hall–Kier alpha value is -3.42. The third kappa shape index (κ3) is 8.83. The molecule has 1 aliphatic heterocycles. The van der Waals surface area contributed by atoms with Gasteiger partial charge in [0, 0.05) is 55.5 Å². The van der Waals surface area contributed by atoms with E-state index >= 15 is 0 Å². The molecule has 0 atom stereocenters. The fourth-order valence-corrected chi connectivity index (χ4v) is 8.55. The SMILES string of the molecule is COc1nc(-c2cccc(-c3cccc(NC(=O)c4cc(C)c5c(n4)CN(CCO[Si](C)(C)C(C)(C)C)CC5)c3Cl)c2Cl)cnc1CNC1CC(C)(O)C1. The number of amides is 1. The maximum absolute atomic E-state index is 13.7. The van der Waals surface area contributed by atoms with Gasteiger partial charge in [0.25, 0.3) is 5.91 Å². The zero-order valence-corrected chi connectivity index (χ0v) is 35.1. The predicted octanol–water partition coefficient (Wildman–Crippen LogP) is 8.46. The molecular weight excluding hydrogens is 739 g/mol. The first-order chi connectivity index (χ1) is 25.5. The number of benzene rings is 2. The van der Waals surface area contributed by atoms with Gasteiger partial charge in [-0.1, -0.05) is 74.3 Å². The molecule has 10 nitrogen and oxygen atoms in total. The van der Waals surface area contributed by atoms with Crippen LogP contribution in [0, 0.1) is 6.92 Å². The van der Waals surface area contributed by atoms with Gasteiger partial charge < -0.3 is 24.9 Å². The monoisotopic (exact) mass is 790 g/mol. The molecule has 0 saturated heterocycles. The quantitative estimate of drug-likeness (QED) is 0.121. The molecule has 1 amide bonds. The number of halogens is 2. The Morgan fingerprint density at radius 1 is 1.07 bits per heavy atom. The molecule has 3 N–H and O–H groups in total. The molecule has 0 spiro atoms. The number of methoxy groups -OCH3 is 1. The van der Waals surface area contributed by atoms with Crippen LogP contribution in [0.4, 0.5) is 5.69 Å². The van der Waals surface area contributed by atoms with E-state index in [-0.39, 0.29) is 17.0 Å². The number of rotatable bonds is 12. The number of anilines is 1.